The maximum Gasteiger partial charge on any atom is 0.259 e. The van der Waals surface area contributed by atoms with Crippen LogP contribution in [0.2, 0.25) is 0 Å². The number of nitrogens with one attached hydrogen (secondary N) is 3. The smallest absolute Gasteiger partial charge is 0.259 e. The Hall–Kier alpha value is -3.75. The van der Waals surface area contributed by atoms with Crippen LogP contribution in [0.5, 0.6) is 5.75 Å². The van der Waals surface area contributed by atoms with Crippen LogP contribution in [0.15, 0.2) is 48.8 Å². The van der Waals surface area contributed by atoms with E-state index in [0.717, 1.165) is 18.2 Å². The van der Waals surface area contributed by atoms with E-state index in [1.54, 1.807) is 0 Å². The van der Waals surface area contributed by atoms with E-state index < -0.39 is 23.4 Å². The van der Waals surface area contributed by atoms with Gasteiger partial charge in [0, 0.05) is 29.6 Å². The summed E-state index contributed by atoms with van der Waals surface area (Å²) in [6.45, 7) is 0. The van der Waals surface area contributed by atoms with Gasteiger partial charge in [0.05, 0.1) is 17.4 Å². The van der Waals surface area contributed by atoms with Gasteiger partial charge in [-0.05, 0) is 24.3 Å². The molecule has 0 atom stereocenters. The number of aromatic nitrogens is 2. The molecule has 0 bridgehead atoms. The lowest BCUT2D eigenvalue weighted by molar-refractivity contribution is 0.101. The molecule has 3 aromatic rings. The molecule has 1 aromatic heterocycles. The summed E-state index contributed by atoms with van der Waals surface area (Å²) in [5, 5.41) is 21.1. The van der Waals surface area contributed by atoms with Crippen molar-refractivity contribution in [1.82, 2.24) is 10.2 Å². The highest BCUT2D eigenvalue weighted by Crippen LogP contribution is 2.23. The number of amides is 2. The number of nitrogens with zero attached hydrogens (tertiary/aromatic N) is 1. The highest BCUT2D eigenvalue weighted by Gasteiger charge is 2.14. The van der Waals surface area contributed by atoms with Crippen molar-refractivity contribution >= 4 is 23.2 Å². The number of rotatable bonds is 4. The number of aromatic amines is 1. The lowest BCUT2D eigenvalue weighted by Crippen LogP contribution is -2.14. The summed E-state index contributed by atoms with van der Waals surface area (Å²) in [5.41, 5.74) is 0.321. The molecule has 7 nitrogen and oxygen atoms in total. The number of benzene rings is 2. The summed E-state index contributed by atoms with van der Waals surface area (Å²) >= 11 is 0. The van der Waals surface area contributed by atoms with Crippen molar-refractivity contribution in [3.63, 3.8) is 0 Å². The Kier molecular flexibility index (Phi) is 4.61. The summed E-state index contributed by atoms with van der Waals surface area (Å²) in [4.78, 5) is 24.1. The lowest BCUT2D eigenvalue weighted by atomic mass is 10.1. The number of carbonyl (C=O) groups is 2. The van der Waals surface area contributed by atoms with Gasteiger partial charge in [0.1, 0.15) is 17.4 Å². The second-order valence-corrected chi connectivity index (χ2v) is 5.29. The van der Waals surface area contributed by atoms with Crippen molar-refractivity contribution in [2.24, 2.45) is 0 Å². The molecular weight excluding hydrogens is 346 g/mol. The van der Waals surface area contributed by atoms with Crippen LogP contribution in [0.4, 0.5) is 20.2 Å². The monoisotopic (exact) mass is 358 g/mol. The van der Waals surface area contributed by atoms with Crippen LogP contribution in [-0.2, 0) is 0 Å². The minimum Gasteiger partial charge on any atom is -0.507 e. The number of halogens is 2. The van der Waals surface area contributed by atoms with E-state index >= 15 is 0 Å². The van der Waals surface area contributed by atoms with Crippen LogP contribution in [-0.4, -0.2) is 27.1 Å². The zero-order valence-corrected chi connectivity index (χ0v) is 13.1. The van der Waals surface area contributed by atoms with Gasteiger partial charge in [-0.25, -0.2) is 8.78 Å². The standard InChI is InChI=1S/C17H12F2N4O3/c18-10-3-9(4-11(19)5-10)16(25)22-12-1-2-14(15(24)6-12)17(26)23-13-7-20-21-8-13/h1-8,24H,(H,20,21)(H,22,25)(H,23,26). The van der Waals surface area contributed by atoms with E-state index in [-0.39, 0.29) is 22.6 Å². The fraction of sp³-hybridized carbons (Fsp3) is 0. The van der Waals surface area contributed by atoms with E-state index in [1.807, 2.05) is 0 Å². The SMILES string of the molecule is O=C(Nc1ccc(C(=O)Nc2cn[nH]c2)c(O)c1)c1cc(F)cc(F)c1. The van der Waals surface area contributed by atoms with Crippen molar-refractivity contribution in [1.29, 1.82) is 0 Å². The second kappa shape index (κ2) is 7.01. The van der Waals surface area contributed by atoms with Crippen molar-refractivity contribution in [3.05, 3.63) is 71.6 Å². The molecule has 0 unspecified atom stereocenters. The van der Waals surface area contributed by atoms with Gasteiger partial charge in [0.15, 0.2) is 0 Å². The molecule has 1 heterocycles. The number of H-pyrrole nitrogens is 1. The number of hydrogen-bond donors (Lipinski definition) is 4. The molecular formula is C17H12F2N4O3. The predicted octanol–water partition coefficient (Wildman–Crippen LogP) is 2.90. The number of phenols is 1. The van der Waals surface area contributed by atoms with Gasteiger partial charge in [-0.2, -0.15) is 5.10 Å². The van der Waals surface area contributed by atoms with Crippen molar-refractivity contribution in [2.75, 3.05) is 10.6 Å². The molecule has 0 aliphatic heterocycles. The van der Waals surface area contributed by atoms with Crippen LogP contribution in [0.1, 0.15) is 20.7 Å². The molecule has 4 N–H and O–H groups in total. The fourth-order valence-corrected chi connectivity index (χ4v) is 2.21. The fourth-order valence-electron chi connectivity index (χ4n) is 2.21. The average Bonchev–Trinajstić information content (AvgIpc) is 3.06. The van der Waals surface area contributed by atoms with Crippen LogP contribution >= 0.6 is 0 Å². The van der Waals surface area contributed by atoms with E-state index in [2.05, 4.69) is 20.8 Å². The van der Waals surface area contributed by atoms with Gasteiger partial charge in [0.2, 0.25) is 0 Å². The topological polar surface area (TPSA) is 107 Å². The third-order valence-electron chi connectivity index (χ3n) is 3.38. The number of aromatic hydroxyl groups is 1. The first kappa shape index (κ1) is 17.1. The predicted molar refractivity (Wildman–Crippen MR) is 89.0 cm³/mol. The van der Waals surface area contributed by atoms with Gasteiger partial charge in [-0.15, -0.1) is 0 Å². The van der Waals surface area contributed by atoms with Gasteiger partial charge in [0.25, 0.3) is 11.8 Å². The minimum absolute atomic E-state index is 0.0269. The van der Waals surface area contributed by atoms with Crippen LogP contribution in [0, 0.1) is 11.6 Å². The summed E-state index contributed by atoms with van der Waals surface area (Å²) in [6, 6.07) is 6.23. The Morgan fingerprint density at radius 3 is 2.27 bits per heavy atom. The van der Waals surface area contributed by atoms with E-state index in [0.29, 0.717) is 11.8 Å². The highest BCUT2D eigenvalue weighted by atomic mass is 19.1. The van der Waals surface area contributed by atoms with Crippen molar-refractivity contribution in [3.8, 4) is 5.75 Å². The van der Waals surface area contributed by atoms with Gasteiger partial charge in [-0.1, -0.05) is 0 Å². The number of hydrogen-bond acceptors (Lipinski definition) is 4. The van der Waals surface area contributed by atoms with E-state index in [1.165, 1.54) is 24.5 Å². The Morgan fingerprint density at radius 2 is 1.65 bits per heavy atom. The molecule has 2 amide bonds. The Morgan fingerprint density at radius 1 is 0.962 bits per heavy atom. The molecule has 0 saturated carbocycles. The van der Waals surface area contributed by atoms with Crippen LogP contribution < -0.4 is 10.6 Å². The zero-order chi connectivity index (χ0) is 18.7. The van der Waals surface area contributed by atoms with Crippen molar-refractivity contribution < 1.29 is 23.5 Å². The Balaban J connectivity index is 1.74. The van der Waals surface area contributed by atoms with Crippen molar-refractivity contribution in [2.45, 2.75) is 0 Å². The molecule has 0 fully saturated rings. The third kappa shape index (κ3) is 3.83. The normalized spacial score (nSPS) is 10.4. The summed E-state index contributed by atoms with van der Waals surface area (Å²) in [7, 11) is 0. The van der Waals surface area contributed by atoms with E-state index in [4.69, 9.17) is 0 Å². The molecule has 0 saturated heterocycles. The largest absolute Gasteiger partial charge is 0.507 e. The number of anilines is 2. The Bertz CT molecular complexity index is 954. The molecule has 0 spiro atoms. The molecule has 0 radical (unpaired) electrons. The van der Waals surface area contributed by atoms with Gasteiger partial charge in [-0.3, -0.25) is 14.7 Å². The summed E-state index contributed by atoms with van der Waals surface area (Å²) < 4.78 is 26.4. The zero-order valence-electron chi connectivity index (χ0n) is 13.1. The molecule has 132 valence electrons. The number of carbonyl (C=O) groups excluding carboxylic acids is 2. The molecule has 2 aromatic carbocycles. The maximum atomic E-state index is 13.2. The first-order chi connectivity index (χ1) is 12.4. The molecule has 9 heteroatoms. The first-order valence-corrected chi connectivity index (χ1v) is 7.33. The Labute approximate surface area is 145 Å². The summed E-state index contributed by atoms with van der Waals surface area (Å²) in [5.74, 6) is -3.49. The molecule has 3 rings (SSSR count). The highest BCUT2D eigenvalue weighted by molar-refractivity contribution is 6.07. The summed E-state index contributed by atoms with van der Waals surface area (Å²) in [6.07, 6.45) is 2.85. The first-order valence-electron chi connectivity index (χ1n) is 7.33. The quantitative estimate of drug-likeness (QED) is 0.575. The molecule has 0 aliphatic carbocycles. The average molecular weight is 358 g/mol. The maximum absolute atomic E-state index is 13.2. The van der Waals surface area contributed by atoms with E-state index in [9.17, 15) is 23.5 Å². The minimum atomic E-state index is -0.885. The van der Waals surface area contributed by atoms with Crippen LogP contribution in [0.25, 0.3) is 0 Å². The number of phenolic OH excluding ortho intramolecular Hbond substituents is 1. The van der Waals surface area contributed by atoms with Gasteiger partial charge >= 0.3 is 0 Å². The van der Waals surface area contributed by atoms with Crippen LogP contribution in [0.3, 0.4) is 0 Å². The second-order valence-electron chi connectivity index (χ2n) is 5.29. The molecule has 0 aliphatic rings. The third-order valence-corrected chi connectivity index (χ3v) is 3.38. The lowest BCUT2D eigenvalue weighted by Gasteiger charge is -2.09. The molecule has 26 heavy (non-hydrogen) atoms. The van der Waals surface area contributed by atoms with Gasteiger partial charge < -0.3 is 15.7 Å².